The third kappa shape index (κ3) is 4.13. The lowest BCUT2D eigenvalue weighted by molar-refractivity contribution is -0.122. The molecule has 5 nitrogen and oxygen atoms in total. The molecule has 0 unspecified atom stereocenters. The Morgan fingerprint density at radius 3 is 2.53 bits per heavy atom. The fourth-order valence-electron chi connectivity index (χ4n) is 1.87. The molecule has 0 bridgehead atoms. The summed E-state index contributed by atoms with van der Waals surface area (Å²) in [6, 6.07) is 4.04. The topological polar surface area (TPSA) is 76.3 Å². The summed E-state index contributed by atoms with van der Waals surface area (Å²) in [5.41, 5.74) is 5.66. The first-order valence-electron chi connectivity index (χ1n) is 6.42. The van der Waals surface area contributed by atoms with E-state index in [1.807, 2.05) is 13.8 Å². The van der Waals surface area contributed by atoms with Crippen molar-refractivity contribution in [3.63, 3.8) is 0 Å². The number of anilines is 1. The highest BCUT2D eigenvalue weighted by Gasteiger charge is 2.28. The van der Waals surface area contributed by atoms with Crippen LogP contribution in [0, 0.1) is 5.92 Å². The summed E-state index contributed by atoms with van der Waals surface area (Å²) in [6.45, 7) is 5.61. The lowest BCUT2D eigenvalue weighted by atomic mass is 10.0. The lowest BCUT2D eigenvalue weighted by Crippen LogP contribution is -2.49. The molecule has 0 aliphatic heterocycles. The maximum Gasteiger partial charge on any atom is 0.245 e. The standard InChI is InChI=1S/C14H21N3O2/c1-10(2)8-12(9-18)17(14(19)11(3)15)13-6-4-5-7-16-13/h4-7,9-12H,8,15H2,1-3H3/t11-,12-/m0/s1. The first-order chi connectivity index (χ1) is 8.97. The van der Waals surface area contributed by atoms with E-state index in [9.17, 15) is 9.59 Å². The van der Waals surface area contributed by atoms with Crippen molar-refractivity contribution in [2.75, 3.05) is 4.90 Å². The van der Waals surface area contributed by atoms with Gasteiger partial charge in [-0.1, -0.05) is 19.9 Å². The van der Waals surface area contributed by atoms with Crippen LogP contribution in [0.25, 0.3) is 0 Å². The van der Waals surface area contributed by atoms with Gasteiger partial charge in [-0.05, 0) is 31.4 Å². The number of pyridine rings is 1. The summed E-state index contributed by atoms with van der Waals surface area (Å²) in [5.74, 6) is 0.460. The first kappa shape index (κ1) is 15.3. The Labute approximate surface area is 113 Å². The van der Waals surface area contributed by atoms with Gasteiger partial charge in [0.15, 0.2) is 0 Å². The Morgan fingerprint density at radius 2 is 2.11 bits per heavy atom. The van der Waals surface area contributed by atoms with Gasteiger partial charge in [0.25, 0.3) is 0 Å². The molecule has 19 heavy (non-hydrogen) atoms. The predicted molar refractivity (Wildman–Crippen MR) is 74.7 cm³/mol. The van der Waals surface area contributed by atoms with E-state index in [0.717, 1.165) is 6.29 Å². The molecule has 0 aromatic carbocycles. The number of aromatic nitrogens is 1. The summed E-state index contributed by atoms with van der Waals surface area (Å²) >= 11 is 0. The molecule has 0 fully saturated rings. The molecule has 1 heterocycles. The minimum absolute atomic E-state index is 0.294. The number of carbonyl (C=O) groups excluding carboxylic acids is 2. The normalized spacial score (nSPS) is 13.9. The van der Waals surface area contributed by atoms with Gasteiger partial charge in [0.1, 0.15) is 12.1 Å². The second kappa shape index (κ2) is 6.99. The van der Waals surface area contributed by atoms with Gasteiger partial charge in [0.05, 0.1) is 12.1 Å². The molecule has 1 amide bonds. The van der Waals surface area contributed by atoms with Gasteiger partial charge in [0, 0.05) is 6.20 Å². The van der Waals surface area contributed by atoms with Crippen molar-refractivity contribution >= 4 is 18.0 Å². The highest BCUT2D eigenvalue weighted by atomic mass is 16.2. The number of hydrogen-bond acceptors (Lipinski definition) is 4. The number of hydrogen-bond donors (Lipinski definition) is 1. The van der Waals surface area contributed by atoms with Gasteiger partial charge >= 0.3 is 0 Å². The van der Waals surface area contributed by atoms with Crippen LogP contribution in [-0.4, -0.2) is 29.3 Å². The Morgan fingerprint density at radius 1 is 1.42 bits per heavy atom. The summed E-state index contributed by atoms with van der Waals surface area (Å²) in [7, 11) is 0. The van der Waals surface area contributed by atoms with E-state index in [-0.39, 0.29) is 5.91 Å². The van der Waals surface area contributed by atoms with E-state index >= 15 is 0 Å². The van der Waals surface area contributed by atoms with Crippen molar-refractivity contribution in [3.05, 3.63) is 24.4 Å². The highest BCUT2D eigenvalue weighted by molar-refractivity contribution is 5.99. The van der Waals surface area contributed by atoms with Crippen molar-refractivity contribution in [1.82, 2.24) is 4.98 Å². The molecule has 2 atom stereocenters. The van der Waals surface area contributed by atoms with E-state index in [2.05, 4.69) is 4.98 Å². The Balaban J connectivity index is 3.11. The molecule has 0 spiro atoms. The van der Waals surface area contributed by atoms with Crippen LogP contribution in [0.15, 0.2) is 24.4 Å². The molecule has 104 valence electrons. The molecule has 5 heteroatoms. The van der Waals surface area contributed by atoms with Crippen LogP contribution in [0.5, 0.6) is 0 Å². The fraction of sp³-hybridized carbons (Fsp3) is 0.500. The average Bonchev–Trinajstić information content (AvgIpc) is 2.38. The van der Waals surface area contributed by atoms with Crippen molar-refractivity contribution in [2.24, 2.45) is 11.7 Å². The molecule has 2 N–H and O–H groups in total. The summed E-state index contributed by atoms with van der Waals surface area (Å²) in [6.07, 6.45) is 2.96. The fourth-order valence-corrected chi connectivity index (χ4v) is 1.87. The van der Waals surface area contributed by atoms with Crippen LogP contribution in [-0.2, 0) is 9.59 Å². The van der Waals surface area contributed by atoms with Crippen LogP contribution >= 0.6 is 0 Å². The SMILES string of the molecule is CC(C)C[C@@H](C=O)N(C(=O)[C@H](C)N)c1ccccn1. The third-order valence-corrected chi connectivity index (χ3v) is 2.72. The molecule has 1 aromatic rings. The monoisotopic (exact) mass is 263 g/mol. The highest BCUT2D eigenvalue weighted by Crippen LogP contribution is 2.18. The van der Waals surface area contributed by atoms with Crippen LogP contribution < -0.4 is 10.6 Å². The minimum atomic E-state index is -0.670. The van der Waals surface area contributed by atoms with Crippen molar-refractivity contribution < 1.29 is 9.59 Å². The van der Waals surface area contributed by atoms with E-state index in [0.29, 0.717) is 18.2 Å². The van der Waals surface area contributed by atoms with Gasteiger partial charge in [-0.3, -0.25) is 9.69 Å². The summed E-state index contributed by atoms with van der Waals surface area (Å²) < 4.78 is 0. The van der Waals surface area contributed by atoms with E-state index in [4.69, 9.17) is 5.73 Å². The smallest absolute Gasteiger partial charge is 0.245 e. The zero-order chi connectivity index (χ0) is 14.4. The van der Waals surface area contributed by atoms with Crippen molar-refractivity contribution in [2.45, 2.75) is 39.3 Å². The largest absolute Gasteiger partial charge is 0.320 e. The molecular weight excluding hydrogens is 242 g/mol. The molecule has 1 rings (SSSR count). The maximum atomic E-state index is 12.2. The molecule has 0 saturated heterocycles. The number of aldehydes is 1. The number of nitrogens with two attached hydrogens (primary N) is 1. The third-order valence-electron chi connectivity index (χ3n) is 2.72. The van der Waals surface area contributed by atoms with Gasteiger partial charge in [-0.25, -0.2) is 4.98 Å². The zero-order valence-corrected chi connectivity index (χ0v) is 11.6. The van der Waals surface area contributed by atoms with E-state index < -0.39 is 12.1 Å². The number of carbonyl (C=O) groups is 2. The molecule has 0 saturated carbocycles. The Bertz CT molecular complexity index is 418. The number of nitrogens with zero attached hydrogens (tertiary/aromatic N) is 2. The summed E-state index contributed by atoms with van der Waals surface area (Å²) in [4.78, 5) is 29.1. The molecular formula is C14H21N3O2. The van der Waals surface area contributed by atoms with Gasteiger partial charge in [-0.15, -0.1) is 0 Å². The Kier molecular flexibility index (Phi) is 5.63. The predicted octanol–water partition coefficient (Wildman–Crippen LogP) is 1.38. The maximum absolute atomic E-state index is 12.2. The summed E-state index contributed by atoms with van der Waals surface area (Å²) in [5, 5.41) is 0. The average molecular weight is 263 g/mol. The minimum Gasteiger partial charge on any atom is -0.320 e. The van der Waals surface area contributed by atoms with Crippen LogP contribution in [0.2, 0.25) is 0 Å². The quantitative estimate of drug-likeness (QED) is 0.787. The van der Waals surface area contributed by atoms with Gasteiger partial charge in [-0.2, -0.15) is 0 Å². The number of rotatable bonds is 6. The van der Waals surface area contributed by atoms with E-state index in [1.165, 1.54) is 4.90 Å². The molecule has 0 aliphatic rings. The van der Waals surface area contributed by atoms with Crippen LogP contribution in [0.1, 0.15) is 27.2 Å². The second-order valence-corrected chi connectivity index (χ2v) is 5.02. The zero-order valence-electron chi connectivity index (χ0n) is 11.6. The Hall–Kier alpha value is -1.75. The first-order valence-corrected chi connectivity index (χ1v) is 6.42. The van der Waals surface area contributed by atoms with Gasteiger partial charge in [0.2, 0.25) is 5.91 Å². The van der Waals surface area contributed by atoms with Crippen molar-refractivity contribution in [1.29, 1.82) is 0 Å². The van der Waals surface area contributed by atoms with Crippen LogP contribution in [0.4, 0.5) is 5.82 Å². The lowest BCUT2D eigenvalue weighted by Gasteiger charge is -2.29. The molecule has 1 aromatic heterocycles. The number of amides is 1. The van der Waals surface area contributed by atoms with E-state index in [1.54, 1.807) is 31.3 Å². The molecule has 0 radical (unpaired) electrons. The molecule has 0 aliphatic carbocycles. The van der Waals surface area contributed by atoms with Gasteiger partial charge < -0.3 is 10.5 Å². The van der Waals surface area contributed by atoms with Crippen molar-refractivity contribution in [3.8, 4) is 0 Å². The second-order valence-electron chi connectivity index (χ2n) is 5.02. The van der Waals surface area contributed by atoms with Crippen LogP contribution in [0.3, 0.4) is 0 Å².